The van der Waals surface area contributed by atoms with Crippen molar-refractivity contribution in [3.8, 4) is 5.75 Å². The topological polar surface area (TPSA) is 78.9 Å². The molecule has 9 heteroatoms. The molecule has 7 nitrogen and oxygen atoms in total. The Labute approximate surface area is 170 Å². The van der Waals surface area contributed by atoms with Gasteiger partial charge in [0.05, 0.1) is 12.9 Å². The van der Waals surface area contributed by atoms with Crippen molar-refractivity contribution >= 4 is 21.6 Å². The minimum absolute atomic E-state index is 0.0244. The Balaban J connectivity index is 1.48. The van der Waals surface area contributed by atoms with Crippen LogP contribution in [0.4, 0.5) is 10.1 Å². The average Bonchev–Trinajstić information content (AvgIpc) is 2.74. The summed E-state index contributed by atoms with van der Waals surface area (Å²) in [5.41, 5.74) is 1.28. The van der Waals surface area contributed by atoms with Gasteiger partial charge in [-0.25, -0.2) is 12.8 Å². The van der Waals surface area contributed by atoms with E-state index < -0.39 is 10.0 Å². The SMILES string of the molecule is COc1cccc(C(=O)NCCS(=O)(=O)N2CCN(c3ccc(F)cc3)CC2)c1. The molecule has 0 bridgehead atoms. The molecule has 1 aliphatic rings. The van der Waals surface area contributed by atoms with Gasteiger partial charge in [0.1, 0.15) is 11.6 Å². The first-order valence-corrected chi connectivity index (χ1v) is 10.9. The number of hydrogen-bond acceptors (Lipinski definition) is 5. The molecule has 3 rings (SSSR count). The molecule has 1 N–H and O–H groups in total. The van der Waals surface area contributed by atoms with Gasteiger partial charge < -0.3 is 15.0 Å². The third-order valence-corrected chi connectivity index (χ3v) is 6.67. The summed E-state index contributed by atoms with van der Waals surface area (Å²) in [6.07, 6.45) is 0. The van der Waals surface area contributed by atoms with Crippen molar-refractivity contribution in [3.05, 3.63) is 59.9 Å². The maximum absolute atomic E-state index is 13.1. The molecule has 1 aliphatic heterocycles. The van der Waals surface area contributed by atoms with Crippen LogP contribution in [0.5, 0.6) is 5.75 Å². The zero-order chi connectivity index (χ0) is 20.9. The number of hydrogen-bond donors (Lipinski definition) is 1. The summed E-state index contributed by atoms with van der Waals surface area (Å²) in [7, 11) is -1.97. The van der Waals surface area contributed by atoms with E-state index in [1.165, 1.54) is 23.5 Å². The van der Waals surface area contributed by atoms with Crippen LogP contribution in [0.1, 0.15) is 10.4 Å². The quantitative estimate of drug-likeness (QED) is 0.737. The molecule has 1 saturated heterocycles. The van der Waals surface area contributed by atoms with Crippen molar-refractivity contribution in [2.24, 2.45) is 0 Å². The van der Waals surface area contributed by atoms with Gasteiger partial charge in [-0.1, -0.05) is 6.07 Å². The molecule has 2 aromatic carbocycles. The number of sulfonamides is 1. The second-order valence-electron chi connectivity index (χ2n) is 6.67. The lowest BCUT2D eigenvalue weighted by Gasteiger charge is -2.35. The maximum Gasteiger partial charge on any atom is 0.251 e. The third-order valence-electron chi connectivity index (χ3n) is 4.80. The summed E-state index contributed by atoms with van der Waals surface area (Å²) in [5.74, 6) is -0.255. The molecule has 0 radical (unpaired) electrons. The Bertz CT molecular complexity index is 942. The smallest absolute Gasteiger partial charge is 0.251 e. The van der Waals surface area contributed by atoms with Crippen molar-refractivity contribution in [2.45, 2.75) is 0 Å². The molecule has 0 spiro atoms. The first kappa shape index (κ1) is 21.1. The number of methoxy groups -OCH3 is 1. The Morgan fingerprint density at radius 3 is 2.45 bits per heavy atom. The number of halogens is 1. The first-order valence-electron chi connectivity index (χ1n) is 9.29. The van der Waals surface area contributed by atoms with Crippen LogP contribution in [0.3, 0.4) is 0 Å². The van der Waals surface area contributed by atoms with Gasteiger partial charge in [0.15, 0.2) is 0 Å². The summed E-state index contributed by atoms with van der Waals surface area (Å²) in [6.45, 7) is 1.78. The Hall–Kier alpha value is -2.65. The molecule has 0 atom stereocenters. The van der Waals surface area contributed by atoms with E-state index in [2.05, 4.69) is 5.32 Å². The molecule has 1 amide bonds. The first-order chi connectivity index (χ1) is 13.9. The van der Waals surface area contributed by atoms with E-state index in [1.54, 1.807) is 36.4 Å². The van der Waals surface area contributed by atoms with E-state index in [0.717, 1.165) is 5.69 Å². The lowest BCUT2D eigenvalue weighted by Crippen LogP contribution is -2.50. The molecule has 1 heterocycles. The zero-order valence-corrected chi connectivity index (χ0v) is 17.0. The number of ether oxygens (including phenoxy) is 1. The van der Waals surface area contributed by atoms with E-state index in [4.69, 9.17) is 4.74 Å². The highest BCUT2D eigenvalue weighted by Crippen LogP contribution is 2.18. The van der Waals surface area contributed by atoms with Gasteiger partial charge in [-0.2, -0.15) is 4.31 Å². The molecule has 29 heavy (non-hydrogen) atoms. The van der Waals surface area contributed by atoms with Crippen LogP contribution in [0.2, 0.25) is 0 Å². The summed E-state index contributed by atoms with van der Waals surface area (Å²) < 4.78 is 44.7. The number of nitrogens with one attached hydrogen (secondary N) is 1. The second kappa shape index (κ2) is 9.23. The molecule has 0 unspecified atom stereocenters. The number of benzene rings is 2. The Morgan fingerprint density at radius 2 is 1.79 bits per heavy atom. The number of nitrogens with zero attached hydrogens (tertiary/aromatic N) is 2. The highest BCUT2D eigenvalue weighted by Gasteiger charge is 2.27. The van der Waals surface area contributed by atoms with E-state index in [-0.39, 0.29) is 24.0 Å². The molecule has 156 valence electrons. The van der Waals surface area contributed by atoms with Crippen molar-refractivity contribution in [1.82, 2.24) is 9.62 Å². The average molecular weight is 421 g/mol. The van der Waals surface area contributed by atoms with Crippen molar-refractivity contribution in [1.29, 1.82) is 0 Å². The summed E-state index contributed by atoms with van der Waals surface area (Å²) >= 11 is 0. The number of carbonyl (C=O) groups is 1. The fraction of sp³-hybridized carbons (Fsp3) is 0.350. The van der Waals surface area contributed by atoms with E-state index >= 15 is 0 Å². The van der Waals surface area contributed by atoms with Gasteiger partial charge in [0.25, 0.3) is 5.91 Å². The molecule has 2 aromatic rings. The molecular formula is C20H24FN3O4S. The lowest BCUT2D eigenvalue weighted by molar-refractivity contribution is 0.0955. The second-order valence-corrected chi connectivity index (χ2v) is 8.75. The predicted molar refractivity (Wildman–Crippen MR) is 109 cm³/mol. The monoisotopic (exact) mass is 421 g/mol. The number of piperazine rings is 1. The van der Waals surface area contributed by atoms with Crippen molar-refractivity contribution < 1.29 is 22.3 Å². The normalized spacial score (nSPS) is 15.2. The van der Waals surface area contributed by atoms with Crippen LogP contribution < -0.4 is 15.0 Å². The number of anilines is 1. The third kappa shape index (κ3) is 5.45. The van der Waals surface area contributed by atoms with Crippen LogP contribution in [-0.2, 0) is 10.0 Å². The largest absolute Gasteiger partial charge is 0.497 e. The summed E-state index contributed by atoms with van der Waals surface area (Å²) in [4.78, 5) is 14.2. The highest BCUT2D eigenvalue weighted by atomic mass is 32.2. The summed E-state index contributed by atoms with van der Waals surface area (Å²) in [5, 5.41) is 2.64. The van der Waals surface area contributed by atoms with Gasteiger partial charge in [0, 0.05) is 44.0 Å². The minimum Gasteiger partial charge on any atom is -0.497 e. The zero-order valence-electron chi connectivity index (χ0n) is 16.2. The lowest BCUT2D eigenvalue weighted by atomic mass is 10.2. The van der Waals surface area contributed by atoms with E-state index in [0.29, 0.717) is 37.5 Å². The fourth-order valence-electron chi connectivity index (χ4n) is 3.17. The van der Waals surface area contributed by atoms with Gasteiger partial charge >= 0.3 is 0 Å². The standard InChI is InChI=1S/C20H24FN3O4S/c1-28-19-4-2-3-16(15-19)20(25)22-9-14-29(26,27)24-12-10-23(11-13-24)18-7-5-17(21)6-8-18/h2-8,15H,9-14H2,1H3,(H,22,25). The highest BCUT2D eigenvalue weighted by molar-refractivity contribution is 7.89. The molecular weight excluding hydrogens is 397 g/mol. The van der Waals surface area contributed by atoms with E-state index in [9.17, 15) is 17.6 Å². The minimum atomic E-state index is -3.48. The predicted octanol–water partition coefficient (Wildman–Crippen LogP) is 1.72. The van der Waals surface area contributed by atoms with Crippen molar-refractivity contribution in [2.75, 3.05) is 50.5 Å². The van der Waals surface area contributed by atoms with E-state index in [1.807, 2.05) is 4.90 Å². The number of amides is 1. The van der Waals surface area contributed by atoms with Gasteiger partial charge in [-0.3, -0.25) is 4.79 Å². The van der Waals surface area contributed by atoms with Crippen molar-refractivity contribution in [3.63, 3.8) is 0 Å². The van der Waals surface area contributed by atoms with Crippen LogP contribution >= 0.6 is 0 Å². The van der Waals surface area contributed by atoms with Gasteiger partial charge in [-0.15, -0.1) is 0 Å². The van der Waals surface area contributed by atoms with Crippen LogP contribution in [0, 0.1) is 5.82 Å². The fourth-order valence-corrected chi connectivity index (χ4v) is 4.50. The maximum atomic E-state index is 13.1. The molecule has 0 aliphatic carbocycles. The Kier molecular flexibility index (Phi) is 6.71. The Morgan fingerprint density at radius 1 is 1.10 bits per heavy atom. The van der Waals surface area contributed by atoms with Gasteiger partial charge in [0.2, 0.25) is 10.0 Å². The van der Waals surface area contributed by atoms with Crippen LogP contribution in [0.15, 0.2) is 48.5 Å². The number of rotatable bonds is 7. The molecule has 0 aromatic heterocycles. The number of carbonyl (C=O) groups excluding carboxylic acids is 1. The summed E-state index contributed by atoms with van der Waals surface area (Å²) in [6, 6.07) is 12.8. The van der Waals surface area contributed by atoms with Gasteiger partial charge in [-0.05, 0) is 42.5 Å². The van der Waals surface area contributed by atoms with Crippen LogP contribution in [-0.4, -0.2) is 64.2 Å². The molecule has 1 fully saturated rings. The van der Waals surface area contributed by atoms with Crippen LogP contribution in [0.25, 0.3) is 0 Å². The molecule has 0 saturated carbocycles.